The van der Waals surface area contributed by atoms with Crippen LogP contribution >= 0.6 is 22.6 Å². The Morgan fingerprint density at radius 2 is 1.94 bits per heavy atom. The van der Waals surface area contributed by atoms with Gasteiger partial charge in [0, 0.05) is 16.0 Å². The first-order chi connectivity index (χ1) is 15.9. The predicted octanol–water partition coefficient (Wildman–Crippen LogP) is 3.07. The van der Waals surface area contributed by atoms with Gasteiger partial charge in [0.15, 0.2) is 0 Å². The van der Waals surface area contributed by atoms with Crippen molar-refractivity contribution in [2.75, 3.05) is 6.54 Å². The molecule has 2 fully saturated rings. The van der Waals surface area contributed by atoms with Crippen molar-refractivity contribution in [3.63, 3.8) is 0 Å². The molecule has 0 unspecified atom stereocenters. The lowest BCUT2D eigenvalue weighted by Gasteiger charge is -2.27. The van der Waals surface area contributed by atoms with Gasteiger partial charge in [-0.25, -0.2) is 4.79 Å². The highest BCUT2D eigenvalue weighted by molar-refractivity contribution is 14.1. The minimum absolute atomic E-state index is 0.0906. The summed E-state index contributed by atoms with van der Waals surface area (Å²) in [6.07, 6.45) is 6.86. The number of rotatable bonds is 10. The summed E-state index contributed by atoms with van der Waals surface area (Å²) in [7, 11) is 0. The van der Waals surface area contributed by atoms with Crippen molar-refractivity contribution in [2.24, 2.45) is 11.8 Å². The predicted molar refractivity (Wildman–Crippen MR) is 131 cm³/mol. The molecule has 3 N–H and O–H groups in total. The lowest BCUT2D eigenvalue weighted by atomic mass is 9.84. The SMILES string of the molecule is O=C[C@H](C[C@@H]1CCNC1=O)NC(=O)[C@H](CC1CCCCC1)NC(=O)OCc1cccc(I)c1. The van der Waals surface area contributed by atoms with Gasteiger partial charge in [0.2, 0.25) is 11.8 Å². The topological polar surface area (TPSA) is 114 Å². The van der Waals surface area contributed by atoms with Gasteiger partial charge in [-0.05, 0) is 65.5 Å². The minimum Gasteiger partial charge on any atom is -0.445 e. The highest BCUT2D eigenvalue weighted by atomic mass is 127. The van der Waals surface area contributed by atoms with Gasteiger partial charge in [-0.1, -0.05) is 44.2 Å². The van der Waals surface area contributed by atoms with Crippen LogP contribution < -0.4 is 16.0 Å². The van der Waals surface area contributed by atoms with E-state index in [4.69, 9.17) is 4.74 Å². The fraction of sp³-hybridized carbons (Fsp3) is 0.583. The molecule has 33 heavy (non-hydrogen) atoms. The number of hydrogen-bond donors (Lipinski definition) is 3. The normalized spacial score (nSPS) is 20.4. The zero-order valence-corrected chi connectivity index (χ0v) is 20.8. The molecule has 0 spiro atoms. The lowest BCUT2D eigenvalue weighted by Crippen LogP contribution is -2.51. The molecule has 8 nitrogen and oxygen atoms in total. The van der Waals surface area contributed by atoms with Gasteiger partial charge >= 0.3 is 6.09 Å². The Labute approximate surface area is 208 Å². The van der Waals surface area contributed by atoms with Crippen LogP contribution in [0.2, 0.25) is 0 Å². The molecule has 1 aromatic rings. The van der Waals surface area contributed by atoms with E-state index in [1.807, 2.05) is 24.3 Å². The average molecular weight is 569 g/mol. The van der Waals surface area contributed by atoms with Crippen molar-refractivity contribution in [1.29, 1.82) is 0 Å². The number of amides is 3. The molecule has 0 bridgehead atoms. The molecule has 1 aliphatic heterocycles. The van der Waals surface area contributed by atoms with Crippen LogP contribution in [0.3, 0.4) is 0 Å². The Kier molecular flexibility index (Phi) is 9.95. The van der Waals surface area contributed by atoms with Gasteiger partial charge in [0.25, 0.3) is 0 Å². The Morgan fingerprint density at radius 3 is 2.61 bits per heavy atom. The first-order valence-corrected chi connectivity index (χ1v) is 12.7. The van der Waals surface area contributed by atoms with Crippen LogP contribution in [0.1, 0.15) is 56.9 Å². The van der Waals surface area contributed by atoms with E-state index in [0.29, 0.717) is 31.6 Å². The second-order valence-electron chi connectivity index (χ2n) is 8.91. The van der Waals surface area contributed by atoms with Crippen LogP contribution in [-0.2, 0) is 25.7 Å². The molecule has 9 heteroatoms. The molecule has 1 heterocycles. The molecule has 2 aliphatic rings. The quantitative estimate of drug-likeness (QED) is 0.296. The van der Waals surface area contributed by atoms with Crippen LogP contribution in [-0.4, -0.2) is 42.8 Å². The Morgan fingerprint density at radius 1 is 1.15 bits per heavy atom. The molecule has 180 valence electrons. The number of carbonyl (C=O) groups is 4. The summed E-state index contributed by atoms with van der Waals surface area (Å²) >= 11 is 2.19. The molecule has 1 aliphatic carbocycles. The number of alkyl carbamates (subject to hydrolysis) is 1. The second-order valence-corrected chi connectivity index (χ2v) is 10.2. The van der Waals surface area contributed by atoms with Gasteiger partial charge in [-0.3, -0.25) is 9.59 Å². The number of carbonyl (C=O) groups excluding carboxylic acids is 4. The van der Waals surface area contributed by atoms with E-state index >= 15 is 0 Å². The molecule has 3 amide bonds. The smallest absolute Gasteiger partial charge is 0.408 e. The van der Waals surface area contributed by atoms with E-state index in [-0.39, 0.29) is 24.9 Å². The van der Waals surface area contributed by atoms with E-state index in [1.165, 1.54) is 6.42 Å². The van der Waals surface area contributed by atoms with Crippen molar-refractivity contribution in [1.82, 2.24) is 16.0 Å². The maximum Gasteiger partial charge on any atom is 0.408 e. The number of hydrogen-bond acceptors (Lipinski definition) is 5. The van der Waals surface area contributed by atoms with Gasteiger partial charge in [-0.2, -0.15) is 0 Å². The summed E-state index contributed by atoms with van der Waals surface area (Å²) in [5.41, 5.74) is 0.862. The van der Waals surface area contributed by atoms with Crippen LogP contribution in [0.15, 0.2) is 24.3 Å². The third-order valence-electron chi connectivity index (χ3n) is 6.35. The molecule has 1 saturated carbocycles. The number of ether oxygens (including phenoxy) is 1. The van der Waals surface area contributed by atoms with Gasteiger partial charge in [-0.15, -0.1) is 0 Å². The molecular weight excluding hydrogens is 537 g/mol. The Hall–Kier alpha value is -2.17. The fourth-order valence-electron chi connectivity index (χ4n) is 4.56. The zero-order chi connectivity index (χ0) is 23.6. The van der Waals surface area contributed by atoms with Crippen molar-refractivity contribution >= 4 is 46.8 Å². The van der Waals surface area contributed by atoms with Crippen molar-refractivity contribution < 1.29 is 23.9 Å². The summed E-state index contributed by atoms with van der Waals surface area (Å²) in [5, 5.41) is 8.19. The fourth-order valence-corrected chi connectivity index (χ4v) is 5.16. The first kappa shape index (κ1) is 25.5. The highest BCUT2D eigenvalue weighted by Crippen LogP contribution is 2.27. The largest absolute Gasteiger partial charge is 0.445 e. The van der Waals surface area contributed by atoms with Crippen LogP contribution in [0.25, 0.3) is 0 Å². The molecule has 0 aromatic heterocycles. The number of nitrogens with one attached hydrogen (secondary N) is 3. The summed E-state index contributed by atoms with van der Waals surface area (Å²) in [6.45, 7) is 0.690. The van der Waals surface area contributed by atoms with E-state index in [9.17, 15) is 19.2 Å². The standard InChI is InChI=1S/C24H32IN3O5/c25-19-8-4-7-17(11-19)15-33-24(32)28-21(12-16-5-2-1-3-6-16)23(31)27-20(14-29)13-18-9-10-26-22(18)30/h4,7-8,11,14,16,18,20-21H,1-3,5-6,9-10,12-13,15H2,(H,26,30)(H,27,31)(H,28,32)/t18-,20-,21-/m0/s1. The highest BCUT2D eigenvalue weighted by Gasteiger charge is 2.31. The summed E-state index contributed by atoms with van der Waals surface area (Å²) in [5.74, 6) is -0.459. The molecule has 3 rings (SSSR count). The molecule has 1 aromatic carbocycles. The zero-order valence-electron chi connectivity index (χ0n) is 18.7. The number of halogens is 1. The lowest BCUT2D eigenvalue weighted by molar-refractivity contribution is -0.127. The Balaban J connectivity index is 1.59. The van der Waals surface area contributed by atoms with E-state index in [0.717, 1.165) is 34.8 Å². The maximum absolute atomic E-state index is 13.1. The molecule has 0 radical (unpaired) electrons. The monoisotopic (exact) mass is 569 g/mol. The molecule has 3 atom stereocenters. The van der Waals surface area contributed by atoms with Crippen LogP contribution in [0.5, 0.6) is 0 Å². The van der Waals surface area contributed by atoms with Crippen molar-refractivity contribution in [3.05, 3.63) is 33.4 Å². The van der Waals surface area contributed by atoms with E-state index in [2.05, 4.69) is 38.5 Å². The van der Waals surface area contributed by atoms with E-state index < -0.39 is 24.1 Å². The van der Waals surface area contributed by atoms with Crippen molar-refractivity contribution in [3.8, 4) is 0 Å². The Bertz CT molecular complexity index is 843. The van der Waals surface area contributed by atoms with Crippen LogP contribution in [0.4, 0.5) is 4.79 Å². The van der Waals surface area contributed by atoms with Gasteiger partial charge in [0.05, 0.1) is 6.04 Å². The number of aldehydes is 1. The van der Waals surface area contributed by atoms with E-state index in [1.54, 1.807) is 0 Å². The first-order valence-electron chi connectivity index (χ1n) is 11.7. The maximum atomic E-state index is 13.1. The average Bonchev–Trinajstić information content (AvgIpc) is 3.21. The third kappa shape index (κ3) is 8.28. The second kappa shape index (κ2) is 12.9. The van der Waals surface area contributed by atoms with Crippen LogP contribution in [0, 0.1) is 15.4 Å². The molecule has 1 saturated heterocycles. The van der Waals surface area contributed by atoms with Gasteiger partial charge < -0.3 is 25.5 Å². The van der Waals surface area contributed by atoms with Gasteiger partial charge in [0.1, 0.15) is 18.9 Å². The summed E-state index contributed by atoms with van der Waals surface area (Å²) in [4.78, 5) is 49.0. The minimum atomic E-state index is -0.795. The summed E-state index contributed by atoms with van der Waals surface area (Å²) in [6, 6.07) is 6.07. The van der Waals surface area contributed by atoms with Crippen molar-refractivity contribution in [2.45, 2.75) is 70.1 Å². The number of benzene rings is 1. The third-order valence-corrected chi connectivity index (χ3v) is 7.03. The summed E-state index contributed by atoms with van der Waals surface area (Å²) < 4.78 is 6.39. The molecular formula is C24H32IN3O5.